The van der Waals surface area contributed by atoms with E-state index in [4.69, 9.17) is 14.2 Å². The van der Waals surface area contributed by atoms with Gasteiger partial charge in [-0.1, -0.05) is 54.0 Å². The van der Waals surface area contributed by atoms with Gasteiger partial charge in [-0.25, -0.2) is 9.78 Å². The van der Waals surface area contributed by atoms with E-state index in [2.05, 4.69) is 46.5 Å². The Kier molecular flexibility index (Phi) is 8.08. The van der Waals surface area contributed by atoms with Gasteiger partial charge < -0.3 is 19.3 Å². The molecule has 2 heterocycles. The molecule has 7 nitrogen and oxygen atoms in total. The largest absolute Gasteiger partial charge is 0.457 e. The molecule has 5 fully saturated rings. The number of ether oxygens (including phenoxy) is 3. The van der Waals surface area contributed by atoms with Crippen molar-refractivity contribution in [1.82, 2.24) is 4.98 Å². The second-order valence-corrected chi connectivity index (χ2v) is 17.1. The molecule has 250 valence electrons. The average molecular weight is 624 g/mol. The van der Waals surface area contributed by atoms with Crippen LogP contribution in [-0.4, -0.2) is 52.0 Å². The van der Waals surface area contributed by atoms with Crippen LogP contribution in [0.4, 0.5) is 0 Å². The minimum atomic E-state index is -1.18. The van der Waals surface area contributed by atoms with Crippen LogP contribution in [0.3, 0.4) is 0 Å². The van der Waals surface area contributed by atoms with Crippen LogP contribution in [0.15, 0.2) is 24.4 Å². The third-order valence-corrected chi connectivity index (χ3v) is 14.4. The predicted octanol–water partition coefficient (Wildman–Crippen LogP) is 7.40. The number of aromatic nitrogens is 1. The number of pyridine rings is 1. The highest BCUT2D eigenvalue weighted by molar-refractivity contribution is 5.87. The third-order valence-electron chi connectivity index (χ3n) is 14.4. The van der Waals surface area contributed by atoms with Crippen molar-refractivity contribution in [2.24, 2.45) is 51.2 Å². The van der Waals surface area contributed by atoms with E-state index in [1.54, 1.807) is 26.1 Å². The summed E-state index contributed by atoms with van der Waals surface area (Å²) < 4.78 is 18.8. The van der Waals surface area contributed by atoms with Crippen LogP contribution in [0, 0.1) is 51.2 Å². The molecule has 7 heteroatoms. The first-order valence-corrected chi connectivity index (χ1v) is 17.7. The molecule has 4 aliphatic carbocycles. The lowest BCUT2D eigenvalue weighted by atomic mass is 9.52. The first-order chi connectivity index (χ1) is 21.0. The highest BCUT2D eigenvalue weighted by Crippen LogP contribution is 2.85. The maximum Gasteiger partial charge on any atom is 0.357 e. The van der Waals surface area contributed by atoms with Crippen molar-refractivity contribution in [3.63, 3.8) is 0 Å². The fourth-order valence-electron chi connectivity index (χ4n) is 12.6. The second-order valence-electron chi connectivity index (χ2n) is 17.1. The third kappa shape index (κ3) is 4.91. The molecule has 0 bridgehead atoms. The highest BCUT2D eigenvalue weighted by Gasteiger charge is 2.80. The molecule has 1 N–H and O–H groups in total. The SMILES string of the molecule is CCC1C(C)(C)[C@@H](OC(=O)c2ccccn2)CC[C@@]12[C@@H](C)[C@]21CC[C@@]2(C)C(CC3OC([C@H](OC(C)=O)C(C)(C)O)C[C@@H](C)C32)C1. The van der Waals surface area contributed by atoms with Crippen LogP contribution in [0.1, 0.15) is 124 Å². The van der Waals surface area contributed by atoms with Crippen molar-refractivity contribution >= 4 is 11.9 Å². The van der Waals surface area contributed by atoms with Crippen molar-refractivity contribution in [2.45, 2.75) is 144 Å². The van der Waals surface area contributed by atoms with Gasteiger partial charge in [-0.3, -0.25) is 4.79 Å². The van der Waals surface area contributed by atoms with Gasteiger partial charge in [0, 0.05) is 18.5 Å². The van der Waals surface area contributed by atoms with Gasteiger partial charge in [-0.2, -0.15) is 0 Å². The minimum absolute atomic E-state index is 0.120. The lowest BCUT2D eigenvalue weighted by molar-refractivity contribution is -0.207. The number of hydrogen-bond donors (Lipinski definition) is 1. The monoisotopic (exact) mass is 623 g/mol. The van der Waals surface area contributed by atoms with E-state index in [9.17, 15) is 14.7 Å². The van der Waals surface area contributed by atoms with Crippen molar-refractivity contribution in [3.8, 4) is 0 Å². The topological polar surface area (TPSA) is 95.0 Å². The van der Waals surface area contributed by atoms with Crippen molar-refractivity contribution in [1.29, 1.82) is 0 Å². The van der Waals surface area contributed by atoms with Crippen molar-refractivity contribution in [3.05, 3.63) is 30.1 Å². The fraction of sp³-hybridized carbons (Fsp3) is 0.816. The van der Waals surface area contributed by atoms with Gasteiger partial charge >= 0.3 is 11.9 Å². The Balaban J connectivity index is 1.21. The molecule has 1 aliphatic heterocycles. The summed E-state index contributed by atoms with van der Waals surface area (Å²) in [6.45, 7) is 19.3. The maximum atomic E-state index is 13.1. The van der Waals surface area contributed by atoms with E-state index < -0.39 is 11.7 Å². The number of rotatable bonds is 6. The maximum absolute atomic E-state index is 13.1. The molecule has 6 rings (SSSR count). The Morgan fingerprint density at radius 3 is 2.49 bits per heavy atom. The molecule has 0 radical (unpaired) electrons. The van der Waals surface area contributed by atoms with Crippen molar-refractivity contribution in [2.75, 3.05) is 0 Å². The van der Waals surface area contributed by atoms with E-state index in [1.165, 1.54) is 26.2 Å². The molecule has 2 spiro atoms. The standard InChI is InChI=1S/C38H57NO6/c1-10-29-34(5,6)30(45-33(41)26-13-11-12-18-39-26)14-15-38(29)23(3)37(38)17-16-36(9)25(21-37)20-27-31(36)22(2)19-28(44-27)32(35(7,8)42)43-24(4)40/h11-13,18,22-23,25,27-32,42H,10,14-17,19-21H2,1-9H3/t22-,23+,25?,27?,28?,29?,30+,31?,32+,36+,37-,38-/m1/s1. The normalized spacial score (nSPS) is 44.1. The van der Waals surface area contributed by atoms with Gasteiger partial charge in [-0.15, -0.1) is 0 Å². The Labute approximate surface area is 270 Å². The second kappa shape index (κ2) is 11.0. The van der Waals surface area contributed by atoms with Crippen LogP contribution in [-0.2, 0) is 19.0 Å². The lowest BCUT2D eigenvalue weighted by Gasteiger charge is -2.54. The molecular weight excluding hydrogens is 566 g/mol. The zero-order chi connectivity index (χ0) is 32.7. The number of aliphatic hydroxyl groups is 1. The van der Waals surface area contributed by atoms with Gasteiger partial charge in [0.05, 0.1) is 17.8 Å². The van der Waals surface area contributed by atoms with Gasteiger partial charge in [0.2, 0.25) is 0 Å². The van der Waals surface area contributed by atoms with Crippen LogP contribution in [0.5, 0.6) is 0 Å². The number of fused-ring (bicyclic) bond motifs is 4. The average Bonchev–Trinajstić information content (AvgIpc) is 3.26. The Morgan fingerprint density at radius 1 is 1.13 bits per heavy atom. The Hall–Kier alpha value is -1.99. The summed E-state index contributed by atoms with van der Waals surface area (Å²) in [5.74, 6) is 1.91. The lowest BCUT2D eigenvalue weighted by Crippen LogP contribution is -2.54. The van der Waals surface area contributed by atoms with E-state index in [-0.39, 0.29) is 46.5 Å². The molecule has 45 heavy (non-hydrogen) atoms. The summed E-state index contributed by atoms with van der Waals surface area (Å²) in [6, 6.07) is 5.39. The van der Waals surface area contributed by atoms with E-state index in [0.29, 0.717) is 40.7 Å². The molecule has 5 unspecified atom stereocenters. The quantitative estimate of drug-likeness (QED) is 0.330. The highest BCUT2D eigenvalue weighted by atomic mass is 16.6. The van der Waals surface area contributed by atoms with Crippen LogP contribution in [0.25, 0.3) is 0 Å². The molecule has 12 atom stereocenters. The van der Waals surface area contributed by atoms with Gasteiger partial charge in [-0.05, 0) is 117 Å². The summed E-state index contributed by atoms with van der Waals surface area (Å²) in [7, 11) is 0. The van der Waals surface area contributed by atoms with Crippen LogP contribution in [0.2, 0.25) is 0 Å². The number of hydrogen-bond acceptors (Lipinski definition) is 7. The summed E-state index contributed by atoms with van der Waals surface area (Å²) in [4.78, 5) is 29.3. The fourth-order valence-corrected chi connectivity index (χ4v) is 12.6. The number of nitrogens with zero attached hydrogens (tertiary/aromatic N) is 1. The molecule has 1 aromatic heterocycles. The smallest absolute Gasteiger partial charge is 0.357 e. The summed E-state index contributed by atoms with van der Waals surface area (Å²) >= 11 is 0. The first-order valence-electron chi connectivity index (χ1n) is 17.7. The van der Waals surface area contributed by atoms with E-state index >= 15 is 0 Å². The minimum Gasteiger partial charge on any atom is -0.457 e. The molecule has 4 saturated carbocycles. The first kappa shape index (κ1) is 32.9. The Morgan fingerprint density at radius 2 is 1.87 bits per heavy atom. The number of carbonyl (C=O) groups excluding carboxylic acids is 2. The van der Waals surface area contributed by atoms with Gasteiger partial charge in [0.25, 0.3) is 0 Å². The number of carbonyl (C=O) groups is 2. The molecule has 5 aliphatic rings. The van der Waals surface area contributed by atoms with E-state index in [1.807, 2.05) is 12.1 Å². The van der Waals surface area contributed by atoms with Crippen LogP contribution < -0.4 is 0 Å². The van der Waals surface area contributed by atoms with Crippen LogP contribution >= 0.6 is 0 Å². The Bertz CT molecular complexity index is 1290. The molecular formula is C38H57NO6. The molecule has 0 amide bonds. The summed E-state index contributed by atoms with van der Waals surface area (Å²) in [5.41, 5.74) is -0.119. The zero-order valence-corrected chi connectivity index (χ0v) is 29.1. The summed E-state index contributed by atoms with van der Waals surface area (Å²) in [5, 5.41) is 10.9. The van der Waals surface area contributed by atoms with E-state index in [0.717, 1.165) is 32.1 Å². The van der Waals surface area contributed by atoms with Gasteiger partial charge in [0.1, 0.15) is 11.8 Å². The molecule has 0 aromatic carbocycles. The molecule has 1 aromatic rings. The summed E-state index contributed by atoms with van der Waals surface area (Å²) in [6.07, 6.45) is 9.30. The zero-order valence-electron chi connectivity index (χ0n) is 29.1. The molecule has 1 saturated heterocycles. The number of esters is 2. The predicted molar refractivity (Wildman–Crippen MR) is 172 cm³/mol. The van der Waals surface area contributed by atoms with Gasteiger partial charge in [0.15, 0.2) is 6.10 Å². The van der Waals surface area contributed by atoms with Crippen molar-refractivity contribution < 1.29 is 28.9 Å².